The van der Waals surface area contributed by atoms with E-state index in [-0.39, 0.29) is 12.3 Å². The van der Waals surface area contributed by atoms with Gasteiger partial charge in [-0.25, -0.2) is 0 Å². The first-order valence-electron chi connectivity index (χ1n) is 4.18. The molecule has 0 fully saturated rings. The normalized spacial score (nSPS) is 13.9. The Labute approximate surface area is 75.5 Å². The molecule has 0 aliphatic heterocycles. The Balaban J connectivity index is 3.64. The van der Waals surface area contributed by atoms with Crippen LogP contribution in [0.4, 0.5) is 13.2 Å². The fraction of sp³-hybridized carbons (Fsp3) is 0.875. The average molecular weight is 197 g/mol. The lowest BCUT2D eigenvalue weighted by Gasteiger charge is -2.10. The van der Waals surface area contributed by atoms with Crippen LogP contribution in [-0.4, -0.2) is 18.6 Å². The Bertz CT molecular complexity index is 167. The predicted octanol–water partition coefficient (Wildman–Crippen LogP) is 2.10. The average Bonchev–Trinajstić information content (AvgIpc) is 1.99. The lowest BCUT2D eigenvalue weighted by molar-refractivity contribution is -0.138. The molecule has 0 aliphatic carbocycles. The summed E-state index contributed by atoms with van der Waals surface area (Å²) in [7, 11) is 0. The van der Waals surface area contributed by atoms with Crippen LogP contribution < -0.4 is 5.32 Å². The maximum atomic E-state index is 11.6. The summed E-state index contributed by atoms with van der Waals surface area (Å²) in [5.41, 5.74) is 0. The molecule has 5 heteroatoms. The molecule has 0 saturated heterocycles. The van der Waals surface area contributed by atoms with E-state index in [0.717, 1.165) is 6.42 Å². The molecule has 0 radical (unpaired) electrons. The van der Waals surface area contributed by atoms with E-state index in [1.165, 1.54) is 0 Å². The van der Waals surface area contributed by atoms with Crippen molar-refractivity contribution in [3.8, 4) is 0 Å². The van der Waals surface area contributed by atoms with Gasteiger partial charge in [0, 0.05) is 6.42 Å². The van der Waals surface area contributed by atoms with Crippen LogP contribution in [0.3, 0.4) is 0 Å². The van der Waals surface area contributed by atoms with Gasteiger partial charge in [0.1, 0.15) is 6.54 Å². The van der Waals surface area contributed by atoms with E-state index in [9.17, 15) is 18.0 Å². The van der Waals surface area contributed by atoms with Crippen molar-refractivity contribution in [1.82, 2.24) is 5.32 Å². The van der Waals surface area contributed by atoms with Crippen LogP contribution in [0.15, 0.2) is 0 Å². The predicted molar refractivity (Wildman–Crippen MR) is 43.1 cm³/mol. The zero-order chi connectivity index (χ0) is 10.5. The number of hydrogen-bond acceptors (Lipinski definition) is 1. The van der Waals surface area contributed by atoms with E-state index < -0.39 is 18.6 Å². The van der Waals surface area contributed by atoms with E-state index in [1.807, 2.05) is 19.2 Å². The number of rotatable bonds is 4. The number of nitrogens with one attached hydrogen (secondary N) is 1. The van der Waals surface area contributed by atoms with Crippen LogP contribution in [0, 0.1) is 5.92 Å². The van der Waals surface area contributed by atoms with E-state index in [1.54, 1.807) is 0 Å². The number of amides is 1. The molecule has 1 atom stereocenters. The summed E-state index contributed by atoms with van der Waals surface area (Å²) in [5.74, 6) is -0.403. The van der Waals surface area contributed by atoms with Gasteiger partial charge in [-0.2, -0.15) is 13.2 Å². The Kier molecular flexibility index (Phi) is 4.80. The van der Waals surface area contributed by atoms with E-state index in [2.05, 4.69) is 0 Å². The molecule has 1 unspecified atom stereocenters. The van der Waals surface area contributed by atoms with Crippen molar-refractivity contribution < 1.29 is 18.0 Å². The molecular weight excluding hydrogens is 183 g/mol. The van der Waals surface area contributed by atoms with Crippen molar-refractivity contribution in [1.29, 1.82) is 0 Å². The molecule has 0 rings (SSSR count). The standard InChI is InChI=1S/C8H14F3NO/c1-3-6(2)4-7(13)12-5-8(9,10)11/h6H,3-5H2,1-2H3,(H,12,13). The second kappa shape index (κ2) is 5.09. The second-order valence-corrected chi connectivity index (χ2v) is 3.11. The third-order valence-electron chi connectivity index (χ3n) is 1.72. The number of halogens is 3. The van der Waals surface area contributed by atoms with Crippen molar-refractivity contribution in [3.63, 3.8) is 0 Å². The van der Waals surface area contributed by atoms with E-state index in [4.69, 9.17) is 0 Å². The highest BCUT2D eigenvalue weighted by Gasteiger charge is 2.27. The van der Waals surface area contributed by atoms with Crippen LogP contribution in [0.5, 0.6) is 0 Å². The summed E-state index contributed by atoms with van der Waals surface area (Å²) in [6, 6.07) is 0. The van der Waals surface area contributed by atoms with Gasteiger partial charge in [0.2, 0.25) is 5.91 Å². The van der Waals surface area contributed by atoms with Crippen molar-refractivity contribution in [2.75, 3.05) is 6.54 Å². The molecule has 0 spiro atoms. The van der Waals surface area contributed by atoms with Crippen molar-refractivity contribution in [2.45, 2.75) is 32.9 Å². The van der Waals surface area contributed by atoms with Crippen LogP contribution >= 0.6 is 0 Å². The lowest BCUT2D eigenvalue weighted by atomic mass is 10.1. The third kappa shape index (κ3) is 7.62. The number of hydrogen-bond donors (Lipinski definition) is 1. The molecule has 0 heterocycles. The van der Waals surface area contributed by atoms with Crippen molar-refractivity contribution in [3.05, 3.63) is 0 Å². The maximum absolute atomic E-state index is 11.6. The van der Waals surface area contributed by atoms with Crippen LogP contribution in [0.2, 0.25) is 0 Å². The summed E-state index contributed by atoms with van der Waals surface area (Å²) in [5, 5.41) is 1.82. The molecule has 2 nitrogen and oxygen atoms in total. The van der Waals surface area contributed by atoms with Gasteiger partial charge in [-0.1, -0.05) is 20.3 Å². The summed E-state index contributed by atoms with van der Waals surface area (Å²) in [6.45, 7) is 2.48. The third-order valence-corrected chi connectivity index (χ3v) is 1.72. The highest BCUT2D eigenvalue weighted by molar-refractivity contribution is 5.76. The summed E-state index contributed by atoms with van der Waals surface area (Å²) >= 11 is 0. The molecule has 0 bridgehead atoms. The van der Waals surface area contributed by atoms with Gasteiger partial charge in [0.05, 0.1) is 0 Å². The quantitative estimate of drug-likeness (QED) is 0.734. The SMILES string of the molecule is CCC(C)CC(=O)NCC(F)(F)F. The molecule has 13 heavy (non-hydrogen) atoms. The molecule has 0 saturated carbocycles. The molecule has 0 aromatic rings. The fourth-order valence-electron chi connectivity index (χ4n) is 0.732. The minimum atomic E-state index is -4.31. The minimum absolute atomic E-state index is 0.133. The van der Waals surface area contributed by atoms with Crippen LogP contribution in [-0.2, 0) is 4.79 Å². The number of carbonyl (C=O) groups is 1. The van der Waals surface area contributed by atoms with Gasteiger partial charge >= 0.3 is 6.18 Å². The van der Waals surface area contributed by atoms with Crippen molar-refractivity contribution in [2.24, 2.45) is 5.92 Å². The first kappa shape index (κ1) is 12.3. The number of carbonyl (C=O) groups excluding carboxylic acids is 1. The van der Waals surface area contributed by atoms with Gasteiger partial charge in [0.25, 0.3) is 0 Å². The Morgan fingerprint density at radius 1 is 1.46 bits per heavy atom. The zero-order valence-corrected chi connectivity index (χ0v) is 7.74. The van der Waals surface area contributed by atoms with Crippen LogP contribution in [0.1, 0.15) is 26.7 Å². The topological polar surface area (TPSA) is 29.1 Å². The molecule has 0 aromatic heterocycles. The van der Waals surface area contributed by atoms with E-state index >= 15 is 0 Å². The van der Waals surface area contributed by atoms with Gasteiger partial charge in [0.15, 0.2) is 0 Å². The van der Waals surface area contributed by atoms with Crippen molar-refractivity contribution >= 4 is 5.91 Å². The minimum Gasteiger partial charge on any atom is -0.347 e. The second-order valence-electron chi connectivity index (χ2n) is 3.11. The fourth-order valence-corrected chi connectivity index (χ4v) is 0.732. The van der Waals surface area contributed by atoms with Gasteiger partial charge in [-0.15, -0.1) is 0 Å². The maximum Gasteiger partial charge on any atom is 0.405 e. The number of alkyl halides is 3. The van der Waals surface area contributed by atoms with Gasteiger partial charge in [-0.3, -0.25) is 4.79 Å². The smallest absolute Gasteiger partial charge is 0.347 e. The molecule has 0 aromatic carbocycles. The Morgan fingerprint density at radius 2 is 2.00 bits per heavy atom. The first-order valence-corrected chi connectivity index (χ1v) is 4.18. The summed E-state index contributed by atoms with van der Waals surface area (Å²) in [4.78, 5) is 10.8. The summed E-state index contributed by atoms with van der Waals surface area (Å²) in [6.07, 6.45) is -3.36. The largest absolute Gasteiger partial charge is 0.405 e. The molecule has 78 valence electrons. The Hall–Kier alpha value is -0.740. The molecule has 1 N–H and O–H groups in total. The monoisotopic (exact) mass is 197 g/mol. The van der Waals surface area contributed by atoms with E-state index in [0.29, 0.717) is 0 Å². The molecule has 0 aliphatic rings. The highest BCUT2D eigenvalue weighted by Crippen LogP contribution is 2.13. The zero-order valence-electron chi connectivity index (χ0n) is 7.74. The lowest BCUT2D eigenvalue weighted by Crippen LogP contribution is -2.34. The Morgan fingerprint density at radius 3 is 2.38 bits per heavy atom. The van der Waals surface area contributed by atoms with Gasteiger partial charge in [-0.05, 0) is 5.92 Å². The first-order chi connectivity index (χ1) is 5.85. The molecule has 1 amide bonds. The summed E-state index contributed by atoms with van der Waals surface area (Å²) < 4.78 is 34.9. The van der Waals surface area contributed by atoms with Crippen LogP contribution in [0.25, 0.3) is 0 Å². The van der Waals surface area contributed by atoms with Gasteiger partial charge < -0.3 is 5.32 Å². The highest BCUT2D eigenvalue weighted by atomic mass is 19.4. The molecular formula is C8H14F3NO.